The fourth-order valence-electron chi connectivity index (χ4n) is 2.64. The van der Waals surface area contributed by atoms with Crippen molar-refractivity contribution in [3.05, 3.63) is 35.6 Å². The number of nitrogens with two attached hydrogens (primary N) is 1. The molecule has 21 heavy (non-hydrogen) atoms. The number of nitrogens with zero attached hydrogens (tertiary/aromatic N) is 1. The summed E-state index contributed by atoms with van der Waals surface area (Å²) in [6, 6.07) is 6.21. The molecule has 1 fully saturated rings. The zero-order valence-electron chi connectivity index (χ0n) is 12.7. The van der Waals surface area contributed by atoms with E-state index >= 15 is 0 Å². The second-order valence-electron chi connectivity index (χ2n) is 6.01. The molecule has 1 aromatic carbocycles. The van der Waals surface area contributed by atoms with Crippen LogP contribution in [0.2, 0.25) is 0 Å². The number of benzene rings is 1. The molecule has 0 saturated carbocycles. The van der Waals surface area contributed by atoms with Crippen molar-refractivity contribution >= 4 is 5.91 Å². The Hall–Kier alpha value is -1.46. The third-order valence-electron chi connectivity index (χ3n) is 4.22. The Morgan fingerprint density at radius 1 is 1.48 bits per heavy atom. The number of hydrogen-bond donors (Lipinski definition) is 2. The summed E-state index contributed by atoms with van der Waals surface area (Å²) in [6.45, 7) is 6.09. The second kappa shape index (κ2) is 7.00. The maximum Gasteiger partial charge on any atom is 0.234 e. The quantitative estimate of drug-likeness (QED) is 0.888. The number of rotatable bonds is 4. The van der Waals surface area contributed by atoms with Crippen LogP contribution in [0.4, 0.5) is 4.39 Å². The number of hydrogen-bond acceptors (Lipinski definition) is 3. The fourth-order valence-corrected chi connectivity index (χ4v) is 2.64. The van der Waals surface area contributed by atoms with E-state index in [1.807, 2.05) is 6.92 Å². The molecule has 5 heteroatoms. The molecule has 1 aliphatic heterocycles. The summed E-state index contributed by atoms with van der Waals surface area (Å²) in [5, 5.41) is 2.95. The Morgan fingerprint density at radius 2 is 2.14 bits per heavy atom. The van der Waals surface area contributed by atoms with Gasteiger partial charge in [0.1, 0.15) is 5.82 Å². The topological polar surface area (TPSA) is 58.4 Å². The number of nitrogens with one attached hydrogen (secondary N) is 1. The summed E-state index contributed by atoms with van der Waals surface area (Å²) < 4.78 is 12.9. The number of carbonyl (C=O) groups is 1. The minimum atomic E-state index is -0.270. The van der Waals surface area contributed by atoms with E-state index in [4.69, 9.17) is 5.73 Å². The Balaban J connectivity index is 1.82. The van der Waals surface area contributed by atoms with Crippen molar-refractivity contribution in [3.63, 3.8) is 0 Å². The van der Waals surface area contributed by atoms with Gasteiger partial charge in [0.25, 0.3) is 0 Å². The molecule has 1 saturated heterocycles. The predicted molar refractivity (Wildman–Crippen MR) is 81.2 cm³/mol. The lowest BCUT2D eigenvalue weighted by atomic mass is 9.94. The SMILES string of the molecule is CC(NC(=O)CN1CCC(C)C(N)C1)c1ccc(F)cc1. The standard InChI is InChI=1S/C16H24FN3O/c1-11-7-8-20(9-15(11)18)10-16(21)19-12(2)13-3-5-14(17)6-4-13/h3-6,11-12,15H,7-10,18H2,1-2H3,(H,19,21). The average Bonchev–Trinajstić information content (AvgIpc) is 2.43. The summed E-state index contributed by atoms with van der Waals surface area (Å²) in [4.78, 5) is 14.2. The van der Waals surface area contributed by atoms with Crippen LogP contribution in [-0.4, -0.2) is 36.5 Å². The van der Waals surface area contributed by atoms with Gasteiger partial charge in [0.15, 0.2) is 0 Å². The van der Waals surface area contributed by atoms with Gasteiger partial charge in [-0.25, -0.2) is 4.39 Å². The van der Waals surface area contributed by atoms with E-state index in [0.29, 0.717) is 12.5 Å². The Morgan fingerprint density at radius 3 is 2.76 bits per heavy atom. The fraction of sp³-hybridized carbons (Fsp3) is 0.562. The number of amides is 1. The van der Waals surface area contributed by atoms with Crippen LogP contribution >= 0.6 is 0 Å². The first-order valence-corrected chi connectivity index (χ1v) is 7.48. The van der Waals surface area contributed by atoms with Crippen LogP contribution in [0.25, 0.3) is 0 Å². The van der Waals surface area contributed by atoms with Crippen molar-refractivity contribution in [1.29, 1.82) is 0 Å². The lowest BCUT2D eigenvalue weighted by molar-refractivity contribution is -0.123. The summed E-state index contributed by atoms with van der Waals surface area (Å²) >= 11 is 0. The Labute approximate surface area is 125 Å². The molecule has 3 unspecified atom stereocenters. The van der Waals surface area contributed by atoms with Gasteiger partial charge < -0.3 is 11.1 Å². The maximum absolute atomic E-state index is 12.9. The smallest absolute Gasteiger partial charge is 0.234 e. The minimum Gasteiger partial charge on any atom is -0.348 e. The van der Waals surface area contributed by atoms with E-state index in [-0.39, 0.29) is 23.8 Å². The van der Waals surface area contributed by atoms with Crippen LogP contribution < -0.4 is 11.1 Å². The van der Waals surface area contributed by atoms with Crippen molar-refractivity contribution in [2.24, 2.45) is 11.7 Å². The van der Waals surface area contributed by atoms with Crippen molar-refractivity contribution < 1.29 is 9.18 Å². The van der Waals surface area contributed by atoms with Crippen molar-refractivity contribution in [2.45, 2.75) is 32.4 Å². The van der Waals surface area contributed by atoms with Crippen LogP contribution in [0.15, 0.2) is 24.3 Å². The van der Waals surface area contributed by atoms with E-state index < -0.39 is 0 Å². The molecule has 116 valence electrons. The van der Waals surface area contributed by atoms with Crippen molar-refractivity contribution in [2.75, 3.05) is 19.6 Å². The van der Waals surface area contributed by atoms with E-state index in [1.165, 1.54) is 12.1 Å². The highest BCUT2D eigenvalue weighted by atomic mass is 19.1. The van der Waals surface area contributed by atoms with Gasteiger partial charge in [-0.1, -0.05) is 19.1 Å². The molecule has 1 aliphatic rings. The van der Waals surface area contributed by atoms with Gasteiger partial charge in [-0.15, -0.1) is 0 Å². The molecule has 0 bridgehead atoms. The van der Waals surface area contributed by atoms with Crippen LogP contribution in [0.1, 0.15) is 31.9 Å². The van der Waals surface area contributed by atoms with Gasteiger partial charge in [-0.05, 0) is 43.5 Å². The lowest BCUT2D eigenvalue weighted by Crippen LogP contribution is -2.50. The monoisotopic (exact) mass is 293 g/mol. The first-order valence-electron chi connectivity index (χ1n) is 7.48. The molecule has 3 atom stereocenters. The Kier molecular flexibility index (Phi) is 5.31. The molecule has 0 aliphatic carbocycles. The van der Waals surface area contributed by atoms with Gasteiger partial charge in [0.2, 0.25) is 5.91 Å². The van der Waals surface area contributed by atoms with E-state index in [2.05, 4.69) is 17.1 Å². The molecule has 0 aromatic heterocycles. The highest BCUT2D eigenvalue weighted by molar-refractivity contribution is 5.78. The zero-order chi connectivity index (χ0) is 15.4. The molecule has 0 radical (unpaired) electrons. The first kappa shape index (κ1) is 15.9. The molecule has 2 rings (SSSR count). The molecule has 1 amide bonds. The van der Waals surface area contributed by atoms with E-state index in [1.54, 1.807) is 12.1 Å². The predicted octanol–water partition coefficient (Wildman–Crippen LogP) is 1.67. The number of carbonyl (C=O) groups excluding carboxylic acids is 1. The molecule has 4 nitrogen and oxygen atoms in total. The normalized spacial score (nSPS) is 24.6. The largest absolute Gasteiger partial charge is 0.348 e. The average molecular weight is 293 g/mol. The van der Waals surface area contributed by atoms with Gasteiger partial charge in [0, 0.05) is 12.6 Å². The number of likely N-dealkylation sites (tertiary alicyclic amines) is 1. The molecule has 0 spiro atoms. The third kappa shape index (κ3) is 4.51. The van der Waals surface area contributed by atoms with Crippen molar-refractivity contribution in [3.8, 4) is 0 Å². The highest BCUT2D eigenvalue weighted by Crippen LogP contribution is 2.16. The summed E-state index contributed by atoms with van der Waals surface area (Å²) in [5.74, 6) is 0.227. The van der Waals surface area contributed by atoms with Crippen LogP contribution in [0.3, 0.4) is 0 Å². The van der Waals surface area contributed by atoms with Gasteiger partial charge >= 0.3 is 0 Å². The third-order valence-corrected chi connectivity index (χ3v) is 4.22. The number of halogens is 1. The van der Waals surface area contributed by atoms with Crippen LogP contribution in [0, 0.1) is 11.7 Å². The maximum atomic E-state index is 12.9. The van der Waals surface area contributed by atoms with Crippen LogP contribution in [-0.2, 0) is 4.79 Å². The van der Waals surface area contributed by atoms with E-state index in [0.717, 1.165) is 25.1 Å². The molecule has 3 N–H and O–H groups in total. The lowest BCUT2D eigenvalue weighted by Gasteiger charge is -2.34. The molecular formula is C16H24FN3O. The molecule has 1 heterocycles. The first-order chi connectivity index (χ1) is 9.95. The van der Waals surface area contributed by atoms with Gasteiger partial charge in [-0.2, -0.15) is 0 Å². The molecule has 1 aromatic rings. The highest BCUT2D eigenvalue weighted by Gasteiger charge is 2.24. The second-order valence-corrected chi connectivity index (χ2v) is 6.01. The number of piperidine rings is 1. The molecular weight excluding hydrogens is 269 g/mol. The summed E-state index contributed by atoms with van der Waals surface area (Å²) in [6.07, 6.45) is 1.03. The van der Waals surface area contributed by atoms with Gasteiger partial charge in [0.05, 0.1) is 12.6 Å². The van der Waals surface area contributed by atoms with Gasteiger partial charge in [-0.3, -0.25) is 9.69 Å². The van der Waals surface area contributed by atoms with E-state index in [9.17, 15) is 9.18 Å². The summed E-state index contributed by atoms with van der Waals surface area (Å²) in [5.41, 5.74) is 6.94. The van der Waals surface area contributed by atoms with Crippen LogP contribution in [0.5, 0.6) is 0 Å². The summed E-state index contributed by atoms with van der Waals surface area (Å²) in [7, 11) is 0. The minimum absolute atomic E-state index is 0.0198. The Bertz CT molecular complexity index is 477. The zero-order valence-corrected chi connectivity index (χ0v) is 12.7. The van der Waals surface area contributed by atoms with Crippen molar-refractivity contribution in [1.82, 2.24) is 10.2 Å².